The summed E-state index contributed by atoms with van der Waals surface area (Å²) < 4.78 is 5.95. The maximum absolute atomic E-state index is 5.95. The highest BCUT2D eigenvalue weighted by molar-refractivity contribution is 6.04. The number of aryl methyl sites for hydroxylation is 2. The van der Waals surface area contributed by atoms with E-state index in [4.69, 9.17) is 9.57 Å². The molecule has 160 valence electrons. The molecule has 3 aromatic rings. The number of ether oxygens (including phenoxy) is 1. The summed E-state index contributed by atoms with van der Waals surface area (Å²) in [5, 5.41) is 7.88. The lowest BCUT2D eigenvalue weighted by Gasteiger charge is -2.24. The highest BCUT2D eigenvalue weighted by atomic mass is 16.7. The Bertz CT molecular complexity index is 1140. The van der Waals surface area contributed by atoms with Gasteiger partial charge in [-0.15, -0.1) is 0 Å². The van der Waals surface area contributed by atoms with Gasteiger partial charge in [-0.1, -0.05) is 74.5 Å². The highest BCUT2D eigenvalue weighted by Crippen LogP contribution is 2.40. The molecule has 0 aliphatic carbocycles. The maximum atomic E-state index is 5.95. The molecule has 1 atom stereocenters. The molecule has 31 heavy (non-hydrogen) atoms. The first-order valence-electron chi connectivity index (χ1n) is 10.6. The summed E-state index contributed by atoms with van der Waals surface area (Å²) in [7, 11) is 1.71. The number of nitrogens with one attached hydrogen (secondary N) is 1. The van der Waals surface area contributed by atoms with Crippen molar-refractivity contribution in [3.8, 4) is 16.9 Å². The van der Waals surface area contributed by atoms with Crippen LogP contribution >= 0.6 is 0 Å². The van der Waals surface area contributed by atoms with Gasteiger partial charge in [0, 0.05) is 11.1 Å². The molecule has 0 radical (unpaired) electrons. The molecule has 1 unspecified atom stereocenters. The molecule has 0 aromatic heterocycles. The average molecular weight is 415 g/mol. The molecule has 0 saturated carbocycles. The first-order chi connectivity index (χ1) is 14.8. The summed E-state index contributed by atoms with van der Waals surface area (Å²) in [6.07, 6.45) is -0.318. The molecule has 0 bridgehead atoms. The fraction of sp³-hybridized carbons (Fsp3) is 0.296. The number of methoxy groups -OCH3 is 1. The third-order valence-electron chi connectivity index (χ3n) is 5.84. The predicted octanol–water partition coefficient (Wildman–Crippen LogP) is 6.26. The van der Waals surface area contributed by atoms with Gasteiger partial charge in [0.05, 0.1) is 12.7 Å². The van der Waals surface area contributed by atoms with Crippen LogP contribution in [-0.2, 0) is 10.3 Å². The Balaban J connectivity index is 1.83. The van der Waals surface area contributed by atoms with Crippen molar-refractivity contribution in [1.29, 1.82) is 0 Å². The lowest BCUT2D eigenvalue weighted by Crippen LogP contribution is -2.25. The van der Waals surface area contributed by atoms with E-state index in [9.17, 15) is 0 Å². The smallest absolute Gasteiger partial charge is 0.225 e. The second-order valence-electron chi connectivity index (χ2n) is 9.10. The van der Waals surface area contributed by atoms with Crippen molar-refractivity contribution in [2.75, 3.05) is 7.11 Å². The topological polar surface area (TPSA) is 42.9 Å². The highest BCUT2D eigenvalue weighted by Gasteiger charge is 2.29. The number of amidine groups is 1. The summed E-state index contributed by atoms with van der Waals surface area (Å²) >= 11 is 0. The zero-order valence-electron chi connectivity index (χ0n) is 19.1. The number of hydrogen-bond donors (Lipinski definition) is 1. The molecule has 1 aliphatic rings. The summed E-state index contributed by atoms with van der Waals surface area (Å²) in [6, 6.07) is 21.0. The number of rotatable bonds is 4. The maximum Gasteiger partial charge on any atom is 0.225 e. The molecule has 4 heteroatoms. The van der Waals surface area contributed by atoms with Crippen LogP contribution in [0.25, 0.3) is 11.1 Å². The molecule has 3 aromatic carbocycles. The predicted molar refractivity (Wildman–Crippen MR) is 127 cm³/mol. The standard InChI is InChI=1S/C27H30N2O2/c1-17-11-7-9-13-20(17)22-15-19(27(3,4)5)16-23(24(22)30-6)25-28-26(31-29-25)21-14-10-8-12-18(21)2/h7-16,26H,1-6H3,(H,28,29). The quantitative estimate of drug-likeness (QED) is 0.548. The van der Waals surface area contributed by atoms with Crippen molar-refractivity contribution in [1.82, 2.24) is 5.32 Å². The molecule has 4 rings (SSSR count). The lowest BCUT2D eigenvalue weighted by atomic mass is 9.83. The zero-order valence-corrected chi connectivity index (χ0v) is 19.1. The van der Waals surface area contributed by atoms with Gasteiger partial charge in [0.15, 0.2) is 5.84 Å². The van der Waals surface area contributed by atoms with Crippen LogP contribution in [0.15, 0.2) is 65.8 Å². The Morgan fingerprint density at radius 2 is 1.52 bits per heavy atom. The lowest BCUT2D eigenvalue weighted by molar-refractivity contribution is 0.0725. The second kappa shape index (κ2) is 8.10. The van der Waals surface area contributed by atoms with Gasteiger partial charge in [0.2, 0.25) is 6.23 Å². The van der Waals surface area contributed by atoms with Crippen LogP contribution in [0.3, 0.4) is 0 Å². The molecule has 0 amide bonds. The van der Waals surface area contributed by atoms with Gasteiger partial charge in [0.1, 0.15) is 5.75 Å². The fourth-order valence-electron chi connectivity index (χ4n) is 3.96. The number of oxime groups is 1. The monoisotopic (exact) mass is 414 g/mol. The number of nitrogens with zero attached hydrogens (tertiary/aromatic N) is 1. The van der Waals surface area contributed by atoms with E-state index in [1.165, 1.54) is 11.1 Å². The van der Waals surface area contributed by atoms with Crippen LogP contribution in [0.4, 0.5) is 0 Å². The Morgan fingerprint density at radius 1 is 0.871 bits per heavy atom. The second-order valence-corrected chi connectivity index (χ2v) is 9.10. The number of benzene rings is 3. The molecule has 0 saturated heterocycles. The Labute approximate surface area is 184 Å². The first-order valence-corrected chi connectivity index (χ1v) is 10.6. The largest absolute Gasteiger partial charge is 0.495 e. The van der Waals surface area contributed by atoms with Gasteiger partial charge in [-0.25, -0.2) is 0 Å². The Hall–Kier alpha value is -3.27. The normalized spacial score (nSPS) is 15.8. The van der Waals surface area contributed by atoms with Crippen molar-refractivity contribution in [2.24, 2.45) is 5.16 Å². The van der Waals surface area contributed by atoms with E-state index in [2.05, 4.69) is 93.6 Å². The third kappa shape index (κ3) is 4.02. The van der Waals surface area contributed by atoms with Gasteiger partial charge in [-0.05, 0) is 53.6 Å². The zero-order chi connectivity index (χ0) is 22.2. The molecule has 1 aliphatic heterocycles. The van der Waals surface area contributed by atoms with Crippen LogP contribution in [0.1, 0.15) is 54.8 Å². The van der Waals surface area contributed by atoms with E-state index in [1.807, 2.05) is 12.1 Å². The summed E-state index contributed by atoms with van der Waals surface area (Å²) in [5.41, 5.74) is 7.74. The number of hydrogen-bond acceptors (Lipinski definition) is 4. The SMILES string of the molecule is COc1c(C2=NOC(c3ccccc3C)N2)cc(C(C)(C)C)cc1-c1ccccc1C. The van der Waals surface area contributed by atoms with Crippen molar-refractivity contribution in [2.45, 2.75) is 46.3 Å². The van der Waals surface area contributed by atoms with Gasteiger partial charge in [0.25, 0.3) is 0 Å². The Kier molecular flexibility index (Phi) is 5.48. The minimum absolute atomic E-state index is 0.0338. The summed E-state index contributed by atoms with van der Waals surface area (Å²) in [6.45, 7) is 10.9. The van der Waals surface area contributed by atoms with Crippen molar-refractivity contribution in [3.05, 3.63) is 88.5 Å². The summed E-state index contributed by atoms with van der Waals surface area (Å²) in [5.74, 6) is 1.48. The van der Waals surface area contributed by atoms with Gasteiger partial charge in [-0.2, -0.15) is 0 Å². The first kappa shape index (κ1) is 21.0. The average Bonchev–Trinajstić information content (AvgIpc) is 3.22. The minimum atomic E-state index is -0.318. The third-order valence-corrected chi connectivity index (χ3v) is 5.84. The van der Waals surface area contributed by atoms with Gasteiger partial charge >= 0.3 is 0 Å². The van der Waals surface area contributed by atoms with Crippen LogP contribution in [-0.4, -0.2) is 12.9 Å². The van der Waals surface area contributed by atoms with E-state index < -0.39 is 0 Å². The molecule has 0 fully saturated rings. The van der Waals surface area contributed by atoms with Gasteiger partial charge in [-0.3, -0.25) is 0 Å². The van der Waals surface area contributed by atoms with Crippen LogP contribution in [0, 0.1) is 13.8 Å². The van der Waals surface area contributed by atoms with E-state index >= 15 is 0 Å². The van der Waals surface area contributed by atoms with E-state index in [0.717, 1.165) is 33.6 Å². The van der Waals surface area contributed by atoms with E-state index in [1.54, 1.807) is 7.11 Å². The van der Waals surface area contributed by atoms with E-state index in [0.29, 0.717) is 5.84 Å². The molecule has 0 spiro atoms. The fourth-order valence-corrected chi connectivity index (χ4v) is 3.96. The van der Waals surface area contributed by atoms with Crippen LogP contribution in [0.5, 0.6) is 5.75 Å². The van der Waals surface area contributed by atoms with Crippen molar-refractivity contribution >= 4 is 5.84 Å². The molecule has 1 N–H and O–H groups in total. The summed E-state index contributed by atoms with van der Waals surface area (Å²) in [4.78, 5) is 5.80. The van der Waals surface area contributed by atoms with Crippen LogP contribution in [0.2, 0.25) is 0 Å². The molecule has 1 heterocycles. The van der Waals surface area contributed by atoms with Crippen LogP contribution < -0.4 is 10.1 Å². The van der Waals surface area contributed by atoms with Crippen molar-refractivity contribution in [3.63, 3.8) is 0 Å². The molecule has 4 nitrogen and oxygen atoms in total. The Morgan fingerprint density at radius 3 is 2.16 bits per heavy atom. The van der Waals surface area contributed by atoms with E-state index in [-0.39, 0.29) is 11.6 Å². The van der Waals surface area contributed by atoms with Gasteiger partial charge < -0.3 is 14.9 Å². The minimum Gasteiger partial charge on any atom is -0.495 e. The van der Waals surface area contributed by atoms with Crippen molar-refractivity contribution < 1.29 is 9.57 Å². The molecular formula is C27H30N2O2. The molecular weight excluding hydrogens is 384 g/mol.